The van der Waals surface area contributed by atoms with Crippen LogP contribution in [-0.4, -0.2) is 46.7 Å². The van der Waals surface area contributed by atoms with E-state index in [9.17, 15) is 18.3 Å². The van der Waals surface area contributed by atoms with Gasteiger partial charge in [0.15, 0.2) is 0 Å². The van der Waals surface area contributed by atoms with Crippen molar-refractivity contribution in [2.24, 2.45) is 14.1 Å². The van der Waals surface area contributed by atoms with E-state index in [-0.39, 0.29) is 12.3 Å². The van der Waals surface area contributed by atoms with Crippen LogP contribution in [0.25, 0.3) is 22.0 Å². The molecule has 0 aliphatic carbocycles. The van der Waals surface area contributed by atoms with Crippen molar-refractivity contribution >= 4 is 61.2 Å². The maximum atomic E-state index is 12.1. The van der Waals surface area contributed by atoms with Gasteiger partial charge in [0.1, 0.15) is 5.69 Å². The highest BCUT2D eigenvalue weighted by Crippen LogP contribution is 2.42. The summed E-state index contributed by atoms with van der Waals surface area (Å²) in [6, 6.07) is 3.58. The van der Waals surface area contributed by atoms with Gasteiger partial charge in [-0.25, -0.2) is 4.79 Å². The number of aryl methyl sites for hydroxylation is 4. The Labute approximate surface area is 199 Å². The molecule has 168 valence electrons. The lowest BCUT2D eigenvalue weighted by atomic mass is 9.98. The van der Waals surface area contributed by atoms with E-state index < -0.39 is 16.1 Å². The molecule has 0 amide bonds. The summed E-state index contributed by atoms with van der Waals surface area (Å²) < 4.78 is 31.4. The van der Waals surface area contributed by atoms with Gasteiger partial charge in [0.05, 0.1) is 34.8 Å². The number of aromatic carboxylic acids is 1. The number of nitrogens with zero attached hydrogens (tertiary/aromatic N) is 3. The second kappa shape index (κ2) is 9.08. The molecule has 0 bridgehead atoms. The number of halogens is 2. The summed E-state index contributed by atoms with van der Waals surface area (Å²) in [6.45, 7) is 1.89. The molecule has 0 fully saturated rings. The van der Waals surface area contributed by atoms with Gasteiger partial charge in [0.25, 0.3) is 10.1 Å². The van der Waals surface area contributed by atoms with E-state index in [1.165, 1.54) is 0 Å². The Balaban J connectivity index is 2.24. The number of carboxylic acid groups (broad SMARTS) is 1. The minimum atomic E-state index is -3.55. The van der Waals surface area contributed by atoms with Crippen LogP contribution in [-0.2, 0) is 39.2 Å². The lowest BCUT2D eigenvalue weighted by Crippen LogP contribution is -2.09. The molecule has 8 nitrogen and oxygen atoms in total. The van der Waals surface area contributed by atoms with E-state index in [4.69, 9.17) is 15.8 Å². The molecule has 0 unspecified atom stereocenters. The second-order valence-corrected chi connectivity index (χ2v) is 10.1. The number of aromatic nitrogens is 3. The fourth-order valence-corrected chi connectivity index (χ4v) is 5.55. The van der Waals surface area contributed by atoms with Gasteiger partial charge in [0, 0.05) is 35.0 Å². The zero-order valence-corrected chi connectivity index (χ0v) is 21.3. The third kappa shape index (κ3) is 4.62. The van der Waals surface area contributed by atoms with Crippen molar-refractivity contribution in [2.45, 2.75) is 24.2 Å². The number of benzene rings is 1. The van der Waals surface area contributed by atoms with Crippen molar-refractivity contribution in [3.05, 3.63) is 39.8 Å². The van der Waals surface area contributed by atoms with E-state index in [2.05, 4.69) is 27.7 Å². The van der Waals surface area contributed by atoms with Crippen LogP contribution < -0.4 is 0 Å². The zero-order valence-electron chi connectivity index (χ0n) is 17.6. The van der Waals surface area contributed by atoms with Gasteiger partial charge < -0.3 is 9.67 Å². The number of carboxylic acids is 1. The first-order valence-electron chi connectivity index (χ1n) is 9.44. The molecular weight excluding hydrogens is 557 g/mol. The highest BCUT2D eigenvalue weighted by molar-refractivity contribution is 14.1. The minimum Gasteiger partial charge on any atom is -0.477 e. The Kier molecular flexibility index (Phi) is 7.04. The molecule has 31 heavy (non-hydrogen) atoms. The summed E-state index contributed by atoms with van der Waals surface area (Å²) in [5.74, 6) is -1.06. The van der Waals surface area contributed by atoms with E-state index in [0.29, 0.717) is 33.4 Å². The third-order valence-electron chi connectivity index (χ3n) is 5.20. The van der Waals surface area contributed by atoms with E-state index in [1.807, 2.05) is 24.7 Å². The first-order chi connectivity index (χ1) is 14.5. The fourth-order valence-electron chi connectivity index (χ4n) is 4.01. The summed E-state index contributed by atoms with van der Waals surface area (Å²) in [6.07, 6.45) is 1.69. The molecule has 0 aliphatic heterocycles. The predicted molar refractivity (Wildman–Crippen MR) is 129 cm³/mol. The average molecular weight is 580 g/mol. The molecule has 0 spiro atoms. The molecule has 0 saturated carbocycles. The maximum absolute atomic E-state index is 12.1. The fraction of sp³-hybridized carbons (Fsp3) is 0.400. The summed E-state index contributed by atoms with van der Waals surface area (Å²) >= 11 is 8.92. The smallest absolute Gasteiger partial charge is 0.352 e. The SMILES string of the molecule is Cc1nn(C)c(CI)c1-c1c(Cl)ccc2c(CCCOS(C)(=O)=O)c(C(=O)O)n(C)c12. The number of carbonyl (C=O) groups is 1. The Morgan fingerprint density at radius 1 is 1.29 bits per heavy atom. The highest BCUT2D eigenvalue weighted by Gasteiger charge is 2.26. The third-order valence-corrected chi connectivity index (χ3v) is 6.83. The monoisotopic (exact) mass is 579 g/mol. The number of rotatable bonds is 8. The molecule has 3 aromatic rings. The Morgan fingerprint density at radius 2 is 1.97 bits per heavy atom. The second-order valence-electron chi connectivity index (χ2n) is 7.30. The quantitative estimate of drug-likeness (QED) is 0.187. The van der Waals surface area contributed by atoms with Crippen molar-refractivity contribution < 1.29 is 22.5 Å². The Bertz CT molecular complexity index is 1280. The molecular formula is C20H23ClIN3O5S. The molecule has 0 aliphatic rings. The molecule has 0 atom stereocenters. The molecule has 0 saturated heterocycles. The Morgan fingerprint density at radius 3 is 2.55 bits per heavy atom. The van der Waals surface area contributed by atoms with Crippen LogP contribution in [0.15, 0.2) is 12.1 Å². The standard InChI is InChI=1S/C20H23ClIN3O5S/c1-11-16(15(10-22)25(3)23-11)17-14(21)8-7-13-12(6-5-9-30-31(4,28)29)19(20(26)27)24(2)18(13)17/h7-8H,5-6,9-10H2,1-4H3,(H,26,27). The largest absolute Gasteiger partial charge is 0.477 e. The summed E-state index contributed by atoms with van der Waals surface area (Å²) in [7, 11) is 0.0306. The van der Waals surface area contributed by atoms with Gasteiger partial charge in [-0.1, -0.05) is 40.3 Å². The van der Waals surface area contributed by atoms with Crippen LogP contribution in [0.4, 0.5) is 0 Å². The number of fused-ring (bicyclic) bond motifs is 1. The zero-order chi connectivity index (χ0) is 23.1. The number of hydrogen-bond donors (Lipinski definition) is 1. The van der Waals surface area contributed by atoms with E-state index in [1.54, 1.807) is 17.7 Å². The van der Waals surface area contributed by atoms with Gasteiger partial charge in [0.2, 0.25) is 0 Å². The first-order valence-corrected chi connectivity index (χ1v) is 13.2. The number of alkyl halides is 1. The van der Waals surface area contributed by atoms with Crippen molar-refractivity contribution in [1.82, 2.24) is 14.3 Å². The summed E-state index contributed by atoms with van der Waals surface area (Å²) in [5.41, 5.74) is 4.94. The van der Waals surface area contributed by atoms with Gasteiger partial charge in [-0.2, -0.15) is 13.5 Å². The first kappa shape index (κ1) is 24.0. The van der Waals surface area contributed by atoms with Gasteiger partial charge >= 0.3 is 5.97 Å². The minimum absolute atomic E-state index is 0.0184. The topological polar surface area (TPSA) is 103 Å². The molecule has 0 radical (unpaired) electrons. The summed E-state index contributed by atoms with van der Waals surface area (Å²) in [4.78, 5) is 12.1. The molecule has 2 heterocycles. The molecule has 11 heteroatoms. The maximum Gasteiger partial charge on any atom is 0.352 e. The van der Waals surface area contributed by atoms with Crippen molar-refractivity contribution in [3.8, 4) is 11.1 Å². The van der Waals surface area contributed by atoms with Crippen LogP contribution in [0.5, 0.6) is 0 Å². The molecule has 1 N–H and O–H groups in total. The lowest BCUT2D eigenvalue weighted by molar-refractivity contribution is 0.0685. The predicted octanol–water partition coefficient (Wildman–Crippen LogP) is 4.08. The Hall–Kier alpha value is -1.63. The van der Waals surface area contributed by atoms with Crippen molar-refractivity contribution in [2.75, 3.05) is 12.9 Å². The number of hydrogen-bond acceptors (Lipinski definition) is 5. The van der Waals surface area contributed by atoms with Crippen LogP contribution in [0.2, 0.25) is 5.02 Å². The normalized spacial score (nSPS) is 12.1. The lowest BCUT2D eigenvalue weighted by Gasteiger charge is -2.11. The van der Waals surface area contributed by atoms with Crippen LogP contribution >= 0.6 is 34.2 Å². The van der Waals surface area contributed by atoms with Gasteiger partial charge in [-0.3, -0.25) is 8.86 Å². The van der Waals surface area contributed by atoms with Crippen LogP contribution in [0.3, 0.4) is 0 Å². The van der Waals surface area contributed by atoms with Crippen LogP contribution in [0, 0.1) is 6.92 Å². The van der Waals surface area contributed by atoms with E-state index in [0.717, 1.165) is 34.2 Å². The summed E-state index contributed by atoms with van der Waals surface area (Å²) in [5, 5.41) is 15.7. The van der Waals surface area contributed by atoms with E-state index >= 15 is 0 Å². The molecule has 3 rings (SSSR count). The van der Waals surface area contributed by atoms with Crippen molar-refractivity contribution in [1.29, 1.82) is 0 Å². The van der Waals surface area contributed by atoms with Gasteiger partial charge in [-0.15, -0.1) is 0 Å². The van der Waals surface area contributed by atoms with Crippen LogP contribution in [0.1, 0.15) is 33.9 Å². The molecule has 1 aromatic carbocycles. The van der Waals surface area contributed by atoms with Gasteiger partial charge in [-0.05, 0) is 31.4 Å². The highest BCUT2D eigenvalue weighted by atomic mass is 127. The molecule has 2 aromatic heterocycles. The van der Waals surface area contributed by atoms with Crippen molar-refractivity contribution in [3.63, 3.8) is 0 Å². The average Bonchev–Trinajstić information content (AvgIpc) is 3.10.